The summed E-state index contributed by atoms with van der Waals surface area (Å²) in [7, 11) is 0. The molecule has 1 aromatic carbocycles. The van der Waals surface area contributed by atoms with Gasteiger partial charge in [-0.2, -0.15) is 5.10 Å². The molecule has 1 rings (SSSR count). The highest BCUT2D eigenvalue weighted by molar-refractivity contribution is 5.85. The summed E-state index contributed by atoms with van der Waals surface area (Å²) in [5, 5.41) is 34.2. The van der Waals surface area contributed by atoms with Gasteiger partial charge in [0.1, 0.15) is 6.34 Å². The van der Waals surface area contributed by atoms with Crippen molar-refractivity contribution in [1.82, 2.24) is 0 Å². The summed E-state index contributed by atoms with van der Waals surface area (Å²) in [6.07, 6.45) is 2.17. The Kier molecular flexibility index (Phi) is 2.90. The van der Waals surface area contributed by atoms with Crippen LogP contribution in [-0.4, -0.2) is 27.9 Å². The van der Waals surface area contributed by atoms with Crippen molar-refractivity contribution in [2.45, 2.75) is 0 Å². The van der Waals surface area contributed by atoms with Crippen molar-refractivity contribution in [1.29, 1.82) is 0 Å². The Morgan fingerprint density at radius 1 is 1.07 bits per heavy atom. The number of rotatable bonds is 2. The van der Waals surface area contributed by atoms with E-state index in [1.54, 1.807) is 0 Å². The number of aromatic hydroxyl groups is 3. The van der Waals surface area contributed by atoms with Crippen molar-refractivity contribution in [3.05, 3.63) is 17.7 Å². The largest absolute Gasteiger partial charge is 0.504 e. The first-order chi connectivity index (χ1) is 6.66. The van der Waals surface area contributed by atoms with Crippen LogP contribution in [0.2, 0.25) is 0 Å². The molecule has 74 valence electrons. The van der Waals surface area contributed by atoms with Gasteiger partial charge in [-0.3, -0.25) is 0 Å². The molecule has 14 heavy (non-hydrogen) atoms. The minimum atomic E-state index is -0.592. The normalized spacial score (nSPS) is 11.4. The Bertz CT molecular complexity index is 388. The quantitative estimate of drug-likeness (QED) is 0.232. The summed E-state index contributed by atoms with van der Waals surface area (Å²) in [4.78, 5) is 0. The number of nitrogens with two attached hydrogens (primary N) is 1. The van der Waals surface area contributed by atoms with Crippen molar-refractivity contribution < 1.29 is 15.3 Å². The highest BCUT2D eigenvalue weighted by atomic mass is 16.3. The molecule has 0 aromatic heterocycles. The molecule has 6 heteroatoms. The first-order valence-electron chi connectivity index (χ1n) is 3.67. The lowest BCUT2D eigenvalue weighted by Crippen LogP contribution is -1.87. The molecular weight excluding hydrogens is 186 g/mol. The molecule has 5 N–H and O–H groups in total. The molecule has 0 spiro atoms. The number of nitrogens with zero attached hydrogens (tertiary/aromatic N) is 2. The Balaban J connectivity index is 3.05. The van der Waals surface area contributed by atoms with Crippen LogP contribution in [0.1, 0.15) is 5.56 Å². The summed E-state index contributed by atoms with van der Waals surface area (Å²) < 4.78 is 0. The van der Waals surface area contributed by atoms with E-state index in [0.717, 1.165) is 6.34 Å². The van der Waals surface area contributed by atoms with Gasteiger partial charge in [0.2, 0.25) is 5.75 Å². The fourth-order valence-electron chi connectivity index (χ4n) is 0.823. The van der Waals surface area contributed by atoms with Gasteiger partial charge >= 0.3 is 0 Å². The third-order valence-corrected chi connectivity index (χ3v) is 1.49. The highest BCUT2D eigenvalue weighted by Crippen LogP contribution is 2.36. The van der Waals surface area contributed by atoms with E-state index < -0.39 is 17.2 Å². The number of phenols is 3. The molecule has 0 radical (unpaired) electrons. The predicted octanol–water partition coefficient (Wildman–Crippen LogP) is 0.124. The smallest absolute Gasteiger partial charge is 0.200 e. The molecule has 0 amide bonds. The van der Waals surface area contributed by atoms with Crippen LogP contribution in [0.5, 0.6) is 17.2 Å². The van der Waals surface area contributed by atoms with Gasteiger partial charge in [-0.15, -0.1) is 5.10 Å². The minimum absolute atomic E-state index is 0.228. The third-order valence-electron chi connectivity index (χ3n) is 1.49. The zero-order valence-electron chi connectivity index (χ0n) is 7.12. The summed E-state index contributed by atoms with van der Waals surface area (Å²) in [5.74, 6) is -1.45. The maximum atomic E-state index is 9.29. The average molecular weight is 195 g/mol. The van der Waals surface area contributed by atoms with Crippen LogP contribution in [0.25, 0.3) is 0 Å². The summed E-state index contributed by atoms with van der Waals surface area (Å²) >= 11 is 0. The molecule has 0 unspecified atom stereocenters. The second kappa shape index (κ2) is 4.13. The van der Waals surface area contributed by atoms with E-state index in [2.05, 4.69) is 10.2 Å². The first-order valence-corrected chi connectivity index (χ1v) is 3.67. The van der Waals surface area contributed by atoms with Crippen LogP contribution < -0.4 is 5.73 Å². The number of hydrogen-bond acceptors (Lipinski definition) is 5. The van der Waals surface area contributed by atoms with Gasteiger partial charge in [-0.05, 0) is 12.1 Å². The van der Waals surface area contributed by atoms with Crippen LogP contribution in [0.4, 0.5) is 0 Å². The van der Waals surface area contributed by atoms with E-state index in [0.29, 0.717) is 0 Å². The second-order valence-corrected chi connectivity index (χ2v) is 2.38. The number of benzene rings is 1. The molecule has 0 aliphatic rings. The molecule has 0 heterocycles. The molecular formula is C8H9N3O3. The van der Waals surface area contributed by atoms with Gasteiger partial charge in [0.15, 0.2) is 11.5 Å². The number of phenolic OH excluding ortho intramolecular Hbond substituents is 3. The van der Waals surface area contributed by atoms with Crippen molar-refractivity contribution >= 4 is 12.6 Å². The molecule has 0 atom stereocenters. The van der Waals surface area contributed by atoms with Crippen molar-refractivity contribution in [2.75, 3.05) is 0 Å². The maximum absolute atomic E-state index is 9.29. The second-order valence-electron chi connectivity index (χ2n) is 2.38. The van der Waals surface area contributed by atoms with E-state index in [1.807, 2.05) is 0 Å². The monoisotopic (exact) mass is 195 g/mol. The number of hydrogen-bond donors (Lipinski definition) is 4. The Hall–Kier alpha value is -2.24. The standard InChI is InChI=1S/C8H9N3O3/c9-4-11-10-3-5-1-2-6(12)8(14)7(5)13/h1-4,12-14H,(H2,9,11)/b10-3+. The summed E-state index contributed by atoms with van der Waals surface area (Å²) in [5.41, 5.74) is 5.16. The van der Waals surface area contributed by atoms with E-state index in [4.69, 9.17) is 15.9 Å². The topological polar surface area (TPSA) is 111 Å². The maximum Gasteiger partial charge on any atom is 0.200 e. The summed E-state index contributed by atoms with van der Waals surface area (Å²) in [6.45, 7) is 0. The molecule has 1 aromatic rings. The molecule has 0 fully saturated rings. The molecule has 0 aliphatic carbocycles. The van der Waals surface area contributed by atoms with Crippen molar-refractivity contribution in [3.8, 4) is 17.2 Å². The van der Waals surface area contributed by atoms with Crippen LogP contribution in [-0.2, 0) is 0 Å². The van der Waals surface area contributed by atoms with E-state index >= 15 is 0 Å². The van der Waals surface area contributed by atoms with E-state index in [1.165, 1.54) is 18.3 Å². The van der Waals surface area contributed by atoms with Crippen LogP contribution in [0, 0.1) is 0 Å². The van der Waals surface area contributed by atoms with Gasteiger partial charge in [0, 0.05) is 5.56 Å². The van der Waals surface area contributed by atoms with Gasteiger partial charge in [0.25, 0.3) is 0 Å². The lowest BCUT2D eigenvalue weighted by Gasteiger charge is -2.02. The zero-order chi connectivity index (χ0) is 10.6. The first kappa shape index (κ1) is 9.85. The van der Waals surface area contributed by atoms with Crippen LogP contribution in [0.15, 0.2) is 22.3 Å². The Labute approximate surface area is 79.6 Å². The average Bonchev–Trinajstić information content (AvgIpc) is 2.18. The van der Waals surface area contributed by atoms with Gasteiger partial charge < -0.3 is 21.1 Å². The fraction of sp³-hybridized carbons (Fsp3) is 0. The Morgan fingerprint density at radius 3 is 2.43 bits per heavy atom. The lowest BCUT2D eigenvalue weighted by molar-refractivity contribution is 0.367. The SMILES string of the molecule is N/C=N\N=C\c1ccc(O)c(O)c1O. The van der Waals surface area contributed by atoms with Crippen LogP contribution >= 0.6 is 0 Å². The molecule has 0 bridgehead atoms. The lowest BCUT2D eigenvalue weighted by atomic mass is 10.2. The zero-order valence-corrected chi connectivity index (χ0v) is 7.12. The minimum Gasteiger partial charge on any atom is -0.504 e. The molecule has 6 nitrogen and oxygen atoms in total. The van der Waals surface area contributed by atoms with Gasteiger partial charge in [-0.25, -0.2) is 0 Å². The van der Waals surface area contributed by atoms with Crippen molar-refractivity contribution in [3.63, 3.8) is 0 Å². The predicted molar refractivity (Wildman–Crippen MR) is 51.7 cm³/mol. The molecule has 0 saturated carbocycles. The Morgan fingerprint density at radius 2 is 1.79 bits per heavy atom. The third kappa shape index (κ3) is 1.92. The van der Waals surface area contributed by atoms with Gasteiger partial charge in [-0.1, -0.05) is 0 Å². The van der Waals surface area contributed by atoms with Crippen molar-refractivity contribution in [2.24, 2.45) is 15.9 Å². The van der Waals surface area contributed by atoms with Crippen LogP contribution in [0.3, 0.4) is 0 Å². The van der Waals surface area contributed by atoms with Gasteiger partial charge in [0.05, 0.1) is 6.21 Å². The molecule has 0 saturated heterocycles. The highest BCUT2D eigenvalue weighted by Gasteiger charge is 2.08. The van der Waals surface area contributed by atoms with E-state index in [-0.39, 0.29) is 5.56 Å². The fourth-order valence-corrected chi connectivity index (χ4v) is 0.823. The summed E-state index contributed by atoms with van der Waals surface area (Å²) in [6, 6.07) is 2.60. The molecule has 0 aliphatic heterocycles. The van der Waals surface area contributed by atoms with E-state index in [9.17, 15) is 5.11 Å².